The molecule has 0 unspecified atom stereocenters. The Balaban J connectivity index is 1.62. The Morgan fingerprint density at radius 3 is 2.16 bits per heavy atom. The van der Waals surface area contributed by atoms with Crippen molar-refractivity contribution in [2.75, 3.05) is 27.9 Å². The number of amides is 1. The highest BCUT2D eigenvalue weighted by atomic mass is 16.5. The van der Waals surface area contributed by atoms with Gasteiger partial charge in [0, 0.05) is 13.6 Å². The summed E-state index contributed by atoms with van der Waals surface area (Å²) >= 11 is 0. The van der Waals surface area contributed by atoms with Crippen molar-refractivity contribution in [2.24, 2.45) is 0 Å². The Kier molecular flexibility index (Phi) is 6.87. The number of hydrogen-bond acceptors (Lipinski definition) is 6. The van der Waals surface area contributed by atoms with E-state index in [2.05, 4.69) is 4.74 Å². The number of carbonyl (C=O) groups excluding carboxylic acids is 3. The van der Waals surface area contributed by atoms with Gasteiger partial charge in [0.05, 0.1) is 25.3 Å². The zero-order valence-electron chi connectivity index (χ0n) is 17.6. The van der Waals surface area contributed by atoms with Crippen LogP contribution in [0.3, 0.4) is 0 Å². The normalized spacial score (nSPS) is 10.4. The largest absolute Gasteiger partial charge is 0.497 e. The van der Waals surface area contributed by atoms with Gasteiger partial charge in [-0.1, -0.05) is 30.3 Å². The van der Waals surface area contributed by atoms with E-state index in [-0.39, 0.29) is 17.0 Å². The van der Waals surface area contributed by atoms with Crippen molar-refractivity contribution >= 4 is 28.6 Å². The second kappa shape index (κ2) is 9.75. The second-order valence-electron chi connectivity index (χ2n) is 6.91. The highest BCUT2D eigenvalue weighted by molar-refractivity contribution is 6.03. The average molecular weight is 421 g/mol. The topological polar surface area (TPSA) is 82.1 Å². The van der Waals surface area contributed by atoms with E-state index in [1.54, 1.807) is 26.3 Å². The zero-order chi connectivity index (χ0) is 22.4. The predicted molar refractivity (Wildman–Crippen MR) is 115 cm³/mol. The Bertz CT molecular complexity index is 1120. The molecule has 0 saturated heterocycles. The maximum absolute atomic E-state index is 12.4. The Morgan fingerprint density at radius 1 is 0.839 bits per heavy atom. The van der Waals surface area contributed by atoms with Gasteiger partial charge in [0.1, 0.15) is 5.75 Å². The summed E-state index contributed by atoms with van der Waals surface area (Å²) < 4.78 is 15.0. The number of carbonyl (C=O) groups is 3. The number of nitrogens with zero attached hydrogens (tertiary/aromatic N) is 1. The molecule has 160 valence electrons. The molecule has 1 amide bonds. The summed E-state index contributed by atoms with van der Waals surface area (Å²) in [6.45, 7) is -0.0767. The van der Waals surface area contributed by atoms with Gasteiger partial charge in [-0.2, -0.15) is 0 Å². The van der Waals surface area contributed by atoms with Crippen LogP contribution in [0.1, 0.15) is 26.3 Å². The van der Waals surface area contributed by atoms with Crippen LogP contribution in [0.25, 0.3) is 10.8 Å². The van der Waals surface area contributed by atoms with E-state index in [0.717, 1.165) is 22.1 Å². The summed E-state index contributed by atoms with van der Waals surface area (Å²) in [4.78, 5) is 38.1. The van der Waals surface area contributed by atoms with E-state index in [4.69, 9.17) is 9.47 Å². The first kappa shape index (κ1) is 21.8. The highest BCUT2D eigenvalue weighted by Gasteiger charge is 2.20. The van der Waals surface area contributed by atoms with Crippen molar-refractivity contribution in [3.63, 3.8) is 0 Å². The van der Waals surface area contributed by atoms with Crippen LogP contribution in [0.15, 0.2) is 60.7 Å². The molecule has 0 saturated carbocycles. The molecule has 31 heavy (non-hydrogen) atoms. The number of ether oxygens (including phenoxy) is 3. The molecule has 0 fully saturated rings. The van der Waals surface area contributed by atoms with Gasteiger partial charge in [0.2, 0.25) is 0 Å². The van der Waals surface area contributed by atoms with E-state index in [1.165, 1.54) is 24.1 Å². The first-order chi connectivity index (χ1) is 14.9. The number of likely N-dealkylation sites (N-methyl/N-ethyl adjacent to an activating group) is 1. The molecule has 0 aliphatic carbocycles. The number of fused-ring (bicyclic) bond motifs is 1. The molecule has 3 aromatic carbocycles. The number of hydrogen-bond donors (Lipinski definition) is 0. The molecule has 0 aromatic heterocycles. The Hall–Kier alpha value is -3.87. The van der Waals surface area contributed by atoms with Crippen molar-refractivity contribution in [3.05, 3.63) is 77.4 Å². The van der Waals surface area contributed by atoms with Gasteiger partial charge in [-0.25, -0.2) is 9.59 Å². The molecule has 0 bridgehead atoms. The Labute approximate surface area is 180 Å². The molecule has 0 N–H and O–H groups in total. The van der Waals surface area contributed by atoms with Crippen molar-refractivity contribution in [3.8, 4) is 5.75 Å². The lowest BCUT2D eigenvalue weighted by Crippen LogP contribution is -2.31. The molecular formula is C24H23NO6. The van der Waals surface area contributed by atoms with Gasteiger partial charge in [0.15, 0.2) is 6.61 Å². The van der Waals surface area contributed by atoms with Crippen LogP contribution in [0.5, 0.6) is 5.75 Å². The zero-order valence-corrected chi connectivity index (χ0v) is 17.6. The molecular weight excluding hydrogens is 398 g/mol. The van der Waals surface area contributed by atoms with Crippen LogP contribution in [-0.2, 0) is 20.8 Å². The standard InChI is InChI=1S/C24H23NO6/c1-25(14-16-8-9-18-13-19(29-2)11-10-17(18)12-16)22(26)15-31-24(28)21-7-5-4-6-20(21)23(27)30-3/h4-13H,14-15H2,1-3H3. The van der Waals surface area contributed by atoms with Crippen LogP contribution >= 0.6 is 0 Å². The summed E-state index contributed by atoms with van der Waals surface area (Å²) in [7, 11) is 4.49. The Morgan fingerprint density at radius 2 is 1.48 bits per heavy atom. The van der Waals surface area contributed by atoms with Crippen molar-refractivity contribution in [1.29, 1.82) is 0 Å². The van der Waals surface area contributed by atoms with Gasteiger partial charge in [-0.15, -0.1) is 0 Å². The third-order valence-corrected chi connectivity index (χ3v) is 4.84. The third-order valence-electron chi connectivity index (χ3n) is 4.84. The SMILES string of the molecule is COC(=O)c1ccccc1C(=O)OCC(=O)N(C)Cc1ccc2cc(OC)ccc2c1. The fraction of sp³-hybridized carbons (Fsp3) is 0.208. The van der Waals surface area contributed by atoms with Crippen LogP contribution in [0.4, 0.5) is 0 Å². The van der Waals surface area contributed by atoms with E-state index in [9.17, 15) is 14.4 Å². The van der Waals surface area contributed by atoms with E-state index in [1.807, 2.05) is 36.4 Å². The minimum Gasteiger partial charge on any atom is -0.497 e. The number of esters is 2. The average Bonchev–Trinajstić information content (AvgIpc) is 2.81. The lowest BCUT2D eigenvalue weighted by Gasteiger charge is -2.18. The van der Waals surface area contributed by atoms with E-state index >= 15 is 0 Å². The van der Waals surface area contributed by atoms with Gasteiger partial charge in [-0.3, -0.25) is 4.79 Å². The van der Waals surface area contributed by atoms with Crippen molar-refractivity contribution in [1.82, 2.24) is 4.90 Å². The molecule has 0 atom stereocenters. The predicted octanol–water partition coefficient (Wildman–Crippen LogP) is 3.45. The van der Waals surface area contributed by atoms with Crippen LogP contribution < -0.4 is 4.74 Å². The van der Waals surface area contributed by atoms with Gasteiger partial charge in [0.25, 0.3) is 5.91 Å². The number of rotatable bonds is 7. The second-order valence-corrected chi connectivity index (χ2v) is 6.91. The summed E-state index contributed by atoms with van der Waals surface area (Å²) in [6.07, 6.45) is 0. The first-order valence-corrected chi connectivity index (χ1v) is 9.58. The minimum atomic E-state index is -0.762. The fourth-order valence-corrected chi connectivity index (χ4v) is 3.12. The maximum Gasteiger partial charge on any atom is 0.339 e. The van der Waals surface area contributed by atoms with Crippen molar-refractivity contribution < 1.29 is 28.6 Å². The monoisotopic (exact) mass is 421 g/mol. The van der Waals surface area contributed by atoms with Crippen molar-refractivity contribution in [2.45, 2.75) is 6.54 Å². The lowest BCUT2D eigenvalue weighted by molar-refractivity contribution is -0.133. The smallest absolute Gasteiger partial charge is 0.339 e. The van der Waals surface area contributed by atoms with Gasteiger partial charge >= 0.3 is 11.9 Å². The first-order valence-electron chi connectivity index (χ1n) is 9.58. The number of benzene rings is 3. The molecule has 3 aromatic rings. The van der Waals surface area contributed by atoms with Crippen LogP contribution in [0, 0.1) is 0 Å². The summed E-state index contributed by atoms with van der Waals surface area (Å²) in [5.74, 6) is -0.991. The molecule has 0 radical (unpaired) electrons. The third kappa shape index (κ3) is 5.19. The summed E-state index contributed by atoms with van der Waals surface area (Å²) in [5.41, 5.74) is 1.08. The lowest BCUT2D eigenvalue weighted by atomic mass is 10.1. The fourth-order valence-electron chi connectivity index (χ4n) is 3.12. The molecule has 7 nitrogen and oxygen atoms in total. The molecule has 0 heterocycles. The van der Waals surface area contributed by atoms with E-state index < -0.39 is 18.5 Å². The van der Waals surface area contributed by atoms with Crippen LogP contribution in [0.2, 0.25) is 0 Å². The quantitative estimate of drug-likeness (QED) is 0.544. The van der Waals surface area contributed by atoms with Crippen LogP contribution in [-0.4, -0.2) is 50.6 Å². The molecule has 0 aliphatic rings. The van der Waals surface area contributed by atoms with Gasteiger partial charge in [-0.05, 0) is 46.7 Å². The molecule has 0 spiro atoms. The molecule has 3 rings (SSSR count). The molecule has 7 heteroatoms. The number of methoxy groups -OCH3 is 2. The van der Waals surface area contributed by atoms with Gasteiger partial charge < -0.3 is 19.1 Å². The highest BCUT2D eigenvalue weighted by Crippen LogP contribution is 2.22. The van der Waals surface area contributed by atoms with E-state index in [0.29, 0.717) is 6.54 Å². The maximum atomic E-state index is 12.4. The molecule has 0 aliphatic heterocycles. The minimum absolute atomic E-state index is 0.0507. The summed E-state index contributed by atoms with van der Waals surface area (Å²) in [5, 5.41) is 2.07. The summed E-state index contributed by atoms with van der Waals surface area (Å²) in [6, 6.07) is 17.8.